The van der Waals surface area contributed by atoms with Gasteiger partial charge in [0.15, 0.2) is 0 Å². The summed E-state index contributed by atoms with van der Waals surface area (Å²) in [5.41, 5.74) is 4.01. The second kappa shape index (κ2) is 8.56. The molecule has 0 spiro atoms. The molecule has 0 fully saturated rings. The number of nitrogens with two attached hydrogens (primary N) is 1. The number of hydrogen-bond acceptors (Lipinski definition) is 4. The monoisotopic (exact) mass is 270 g/mol. The van der Waals surface area contributed by atoms with Crippen LogP contribution in [0.25, 0.3) is 0 Å². The van der Waals surface area contributed by atoms with Gasteiger partial charge in [-0.1, -0.05) is 13.8 Å². The first-order chi connectivity index (χ1) is 8.71. The maximum absolute atomic E-state index is 5.60. The van der Waals surface area contributed by atoms with Crippen LogP contribution < -0.4 is 11.3 Å². The molecule has 2 atom stereocenters. The summed E-state index contributed by atoms with van der Waals surface area (Å²) in [5, 5.41) is 4.61. The Morgan fingerprint density at radius 3 is 2.89 bits per heavy atom. The van der Waals surface area contributed by atoms with Crippen LogP contribution in [0.15, 0.2) is 12.3 Å². The molecule has 5 heteroatoms. The molecule has 18 heavy (non-hydrogen) atoms. The Hall–Kier alpha value is -0.520. The lowest BCUT2D eigenvalue weighted by molar-refractivity contribution is 0.469. The third-order valence-electron chi connectivity index (χ3n) is 3.06. The zero-order valence-electron chi connectivity index (χ0n) is 11.7. The molecule has 104 valence electrons. The smallest absolute Gasteiger partial charge is 0.0641 e. The van der Waals surface area contributed by atoms with Gasteiger partial charge >= 0.3 is 0 Å². The molecule has 0 aliphatic carbocycles. The predicted molar refractivity (Wildman–Crippen MR) is 79.7 cm³/mol. The molecule has 1 aromatic rings. The van der Waals surface area contributed by atoms with Crippen LogP contribution in [0, 0.1) is 0 Å². The highest BCUT2D eigenvalue weighted by Crippen LogP contribution is 2.12. The number of hydrazine groups is 1. The van der Waals surface area contributed by atoms with Crippen LogP contribution in [0.1, 0.15) is 45.3 Å². The van der Waals surface area contributed by atoms with Crippen molar-refractivity contribution in [2.24, 2.45) is 5.84 Å². The van der Waals surface area contributed by atoms with Crippen molar-refractivity contribution >= 4 is 11.8 Å². The molecule has 0 radical (unpaired) electrons. The largest absolute Gasteiger partial charge is 0.271 e. The SMILES string of the molecule is CCCSCC(Cc1ccn(C(C)CC)n1)NN. The van der Waals surface area contributed by atoms with E-state index >= 15 is 0 Å². The number of hydrogen-bond donors (Lipinski definition) is 2. The van der Waals surface area contributed by atoms with Crippen molar-refractivity contribution in [2.75, 3.05) is 11.5 Å². The third-order valence-corrected chi connectivity index (χ3v) is 4.40. The topological polar surface area (TPSA) is 55.9 Å². The van der Waals surface area contributed by atoms with Crippen molar-refractivity contribution in [2.45, 2.75) is 52.1 Å². The van der Waals surface area contributed by atoms with Gasteiger partial charge in [0.1, 0.15) is 0 Å². The molecule has 0 amide bonds. The van der Waals surface area contributed by atoms with Gasteiger partial charge in [-0.15, -0.1) is 0 Å². The molecule has 0 saturated heterocycles. The molecule has 0 aliphatic rings. The highest BCUT2D eigenvalue weighted by atomic mass is 32.2. The fourth-order valence-corrected chi connectivity index (χ4v) is 2.66. The third kappa shape index (κ3) is 5.00. The maximum Gasteiger partial charge on any atom is 0.0641 e. The van der Waals surface area contributed by atoms with Crippen molar-refractivity contribution < 1.29 is 0 Å². The molecule has 4 nitrogen and oxygen atoms in total. The summed E-state index contributed by atoms with van der Waals surface area (Å²) in [6.45, 7) is 6.57. The summed E-state index contributed by atoms with van der Waals surface area (Å²) in [7, 11) is 0. The van der Waals surface area contributed by atoms with Gasteiger partial charge in [-0.25, -0.2) is 0 Å². The van der Waals surface area contributed by atoms with E-state index in [1.165, 1.54) is 12.2 Å². The van der Waals surface area contributed by atoms with Crippen LogP contribution in [-0.2, 0) is 6.42 Å². The van der Waals surface area contributed by atoms with Crippen LogP contribution in [-0.4, -0.2) is 27.3 Å². The summed E-state index contributed by atoms with van der Waals surface area (Å²) in [4.78, 5) is 0. The van der Waals surface area contributed by atoms with E-state index in [9.17, 15) is 0 Å². The van der Waals surface area contributed by atoms with Gasteiger partial charge in [0, 0.05) is 30.5 Å². The van der Waals surface area contributed by atoms with Crippen LogP contribution in [0.5, 0.6) is 0 Å². The Labute approximate surface area is 115 Å². The van der Waals surface area contributed by atoms with Gasteiger partial charge < -0.3 is 0 Å². The van der Waals surface area contributed by atoms with Crippen molar-refractivity contribution in [1.82, 2.24) is 15.2 Å². The van der Waals surface area contributed by atoms with E-state index in [0.717, 1.165) is 24.3 Å². The fraction of sp³-hybridized carbons (Fsp3) is 0.769. The first kappa shape index (κ1) is 15.5. The summed E-state index contributed by atoms with van der Waals surface area (Å²) in [6, 6.07) is 2.88. The molecule has 1 aromatic heterocycles. The minimum Gasteiger partial charge on any atom is -0.271 e. The summed E-state index contributed by atoms with van der Waals surface area (Å²) >= 11 is 1.95. The first-order valence-corrected chi connectivity index (χ1v) is 7.94. The van der Waals surface area contributed by atoms with E-state index in [1.807, 2.05) is 16.4 Å². The van der Waals surface area contributed by atoms with E-state index in [1.54, 1.807) is 0 Å². The average molecular weight is 270 g/mol. The zero-order valence-corrected chi connectivity index (χ0v) is 12.5. The van der Waals surface area contributed by atoms with E-state index in [4.69, 9.17) is 5.84 Å². The standard InChI is InChI=1S/C13H26N4S/c1-4-8-18-10-13(15-14)9-12-6-7-17(16-12)11(3)5-2/h6-7,11,13,15H,4-5,8-10,14H2,1-3H3. The lowest BCUT2D eigenvalue weighted by atomic mass is 10.2. The predicted octanol–water partition coefficient (Wildman–Crippen LogP) is 2.37. The molecular weight excluding hydrogens is 244 g/mol. The van der Waals surface area contributed by atoms with Gasteiger partial charge in [0.2, 0.25) is 0 Å². The van der Waals surface area contributed by atoms with E-state index in [0.29, 0.717) is 12.1 Å². The Kier molecular flexibility index (Phi) is 7.39. The molecule has 0 aromatic carbocycles. The van der Waals surface area contributed by atoms with E-state index in [-0.39, 0.29) is 0 Å². The molecule has 3 N–H and O–H groups in total. The second-order valence-electron chi connectivity index (χ2n) is 4.69. The van der Waals surface area contributed by atoms with Gasteiger partial charge in [-0.05, 0) is 31.6 Å². The lowest BCUT2D eigenvalue weighted by Gasteiger charge is -2.14. The summed E-state index contributed by atoms with van der Waals surface area (Å²) in [5.74, 6) is 7.83. The van der Waals surface area contributed by atoms with Crippen LogP contribution in [0.3, 0.4) is 0 Å². The van der Waals surface area contributed by atoms with Gasteiger partial charge in [-0.3, -0.25) is 16.0 Å². The number of nitrogens with one attached hydrogen (secondary N) is 1. The molecular formula is C13H26N4S. The number of nitrogens with zero attached hydrogens (tertiary/aromatic N) is 2. The van der Waals surface area contributed by atoms with E-state index < -0.39 is 0 Å². The van der Waals surface area contributed by atoms with Crippen LogP contribution in [0.2, 0.25) is 0 Å². The Bertz CT molecular complexity index is 327. The molecule has 1 rings (SSSR count). The van der Waals surface area contributed by atoms with Gasteiger partial charge in [-0.2, -0.15) is 16.9 Å². The molecule has 0 saturated carbocycles. The molecule has 0 bridgehead atoms. The van der Waals surface area contributed by atoms with Crippen LogP contribution >= 0.6 is 11.8 Å². The highest BCUT2D eigenvalue weighted by molar-refractivity contribution is 7.99. The normalized spacial score (nSPS) is 14.7. The fourth-order valence-electron chi connectivity index (χ4n) is 1.71. The Morgan fingerprint density at radius 2 is 2.28 bits per heavy atom. The van der Waals surface area contributed by atoms with Crippen molar-refractivity contribution in [1.29, 1.82) is 0 Å². The quantitative estimate of drug-likeness (QED) is 0.411. The second-order valence-corrected chi connectivity index (χ2v) is 5.84. The molecule has 0 aliphatic heterocycles. The van der Waals surface area contributed by atoms with Gasteiger partial charge in [0.05, 0.1) is 5.69 Å². The highest BCUT2D eigenvalue weighted by Gasteiger charge is 2.11. The van der Waals surface area contributed by atoms with Crippen LogP contribution in [0.4, 0.5) is 0 Å². The zero-order chi connectivity index (χ0) is 13.4. The Morgan fingerprint density at radius 1 is 1.50 bits per heavy atom. The van der Waals surface area contributed by atoms with E-state index in [2.05, 4.69) is 43.6 Å². The summed E-state index contributed by atoms with van der Waals surface area (Å²) < 4.78 is 2.04. The molecule has 2 unspecified atom stereocenters. The number of thioether (sulfide) groups is 1. The number of aromatic nitrogens is 2. The van der Waals surface area contributed by atoms with Gasteiger partial charge in [0.25, 0.3) is 0 Å². The van der Waals surface area contributed by atoms with Crippen molar-refractivity contribution in [3.05, 3.63) is 18.0 Å². The molecule has 1 heterocycles. The Balaban J connectivity index is 2.46. The van der Waals surface area contributed by atoms with Crippen molar-refractivity contribution in [3.8, 4) is 0 Å². The number of rotatable bonds is 9. The summed E-state index contributed by atoms with van der Waals surface area (Å²) in [6.07, 6.45) is 5.28. The minimum absolute atomic E-state index is 0.307. The average Bonchev–Trinajstić information content (AvgIpc) is 2.85. The minimum atomic E-state index is 0.307. The first-order valence-electron chi connectivity index (χ1n) is 6.79. The van der Waals surface area contributed by atoms with Crippen molar-refractivity contribution in [3.63, 3.8) is 0 Å². The lowest BCUT2D eigenvalue weighted by Crippen LogP contribution is -2.38. The maximum atomic E-state index is 5.60.